The molecule has 0 atom stereocenters. The lowest BCUT2D eigenvalue weighted by atomic mass is 10.1. The van der Waals surface area contributed by atoms with Crippen LogP contribution in [0.25, 0.3) is 0 Å². The molecule has 2 amide bonds. The van der Waals surface area contributed by atoms with Crippen molar-refractivity contribution in [2.24, 2.45) is 0 Å². The summed E-state index contributed by atoms with van der Waals surface area (Å²) in [4.78, 5) is 26.6. The van der Waals surface area contributed by atoms with E-state index in [2.05, 4.69) is 5.32 Å². The van der Waals surface area contributed by atoms with E-state index in [4.69, 9.17) is 0 Å². The standard InChI is InChI=1S/C27H29N3O4S/c1-19-9-10-20(2)25(16-19)30(35(3,33)34)18-21-11-13-22(14-12-21)27(32)28-23-6-4-7-24(17-23)29-15-5-8-26(29)31/h4,6-7,9-14,16-17H,5,8,15,18H2,1-3H3,(H,28,32). The Morgan fingerprint density at radius 2 is 1.77 bits per heavy atom. The molecule has 1 saturated heterocycles. The van der Waals surface area contributed by atoms with Gasteiger partial charge < -0.3 is 10.2 Å². The molecule has 1 heterocycles. The highest BCUT2D eigenvalue weighted by Crippen LogP contribution is 2.27. The first-order valence-electron chi connectivity index (χ1n) is 11.5. The number of rotatable bonds is 7. The van der Waals surface area contributed by atoms with E-state index in [0.717, 1.165) is 28.8 Å². The highest BCUT2D eigenvalue weighted by Gasteiger charge is 2.22. The maximum Gasteiger partial charge on any atom is 0.255 e. The molecule has 0 bridgehead atoms. The molecule has 1 aliphatic rings. The number of hydrogen-bond donors (Lipinski definition) is 1. The molecule has 1 aliphatic heterocycles. The van der Waals surface area contributed by atoms with Crippen molar-refractivity contribution in [2.45, 2.75) is 33.2 Å². The number of sulfonamides is 1. The Bertz CT molecular complexity index is 1370. The van der Waals surface area contributed by atoms with Gasteiger partial charge in [0.2, 0.25) is 15.9 Å². The van der Waals surface area contributed by atoms with Crippen molar-refractivity contribution < 1.29 is 18.0 Å². The van der Waals surface area contributed by atoms with Crippen LogP contribution in [0.2, 0.25) is 0 Å². The van der Waals surface area contributed by atoms with Crippen LogP contribution < -0.4 is 14.5 Å². The van der Waals surface area contributed by atoms with E-state index in [-0.39, 0.29) is 18.4 Å². The van der Waals surface area contributed by atoms with Gasteiger partial charge in [-0.3, -0.25) is 13.9 Å². The minimum Gasteiger partial charge on any atom is -0.322 e. The van der Waals surface area contributed by atoms with Crippen LogP contribution in [0.3, 0.4) is 0 Å². The first-order chi connectivity index (χ1) is 16.6. The van der Waals surface area contributed by atoms with E-state index in [9.17, 15) is 18.0 Å². The number of nitrogens with zero attached hydrogens (tertiary/aromatic N) is 2. The number of carbonyl (C=O) groups is 2. The molecule has 0 saturated carbocycles. The zero-order valence-corrected chi connectivity index (χ0v) is 20.9. The number of carbonyl (C=O) groups excluding carboxylic acids is 2. The molecule has 1 fully saturated rings. The van der Waals surface area contributed by atoms with Crippen molar-refractivity contribution in [1.29, 1.82) is 0 Å². The first-order valence-corrected chi connectivity index (χ1v) is 13.3. The van der Waals surface area contributed by atoms with Crippen LogP contribution in [-0.2, 0) is 21.4 Å². The lowest BCUT2D eigenvalue weighted by Crippen LogP contribution is -2.30. The van der Waals surface area contributed by atoms with Crippen LogP contribution in [0.4, 0.5) is 17.1 Å². The van der Waals surface area contributed by atoms with Gasteiger partial charge in [0, 0.05) is 29.9 Å². The van der Waals surface area contributed by atoms with Gasteiger partial charge in [-0.15, -0.1) is 0 Å². The van der Waals surface area contributed by atoms with E-state index < -0.39 is 10.0 Å². The van der Waals surface area contributed by atoms with Gasteiger partial charge in [-0.2, -0.15) is 0 Å². The molecule has 0 radical (unpaired) electrons. The molecule has 0 aliphatic carbocycles. The first kappa shape index (κ1) is 24.5. The molecule has 0 spiro atoms. The molecule has 35 heavy (non-hydrogen) atoms. The Morgan fingerprint density at radius 3 is 2.43 bits per heavy atom. The normalized spacial score (nSPS) is 13.7. The zero-order valence-electron chi connectivity index (χ0n) is 20.1. The van der Waals surface area contributed by atoms with Gasteiger partial charge >= 0.3 is 0 Å². The largest absolute Gasteiger partial charge is 0.322 e. The fourth-order valence-corrected chi connectivity index (χ4v) is 5.11. The van der Waals surface area contributed by atoms with Crippen LogP contribution >= 0.6 is 0 Å². The average molecular weight is 492 g/mol. The summed E-state index contributed by atoms with van der Waals surface area (Å²) < 4.78 is 26.5. The molecular weight excluding hydrogens is 462 g/mol. The zero-order chi connectivity index (χ0) is 25.2. The number of aryl methyl sites for hydroxylation is 2. The van der Waals surface area contributed by atoms with Crippen molar-refractivity contribution in [1.82, 2.24) is 0 Å². The molecule has 8 heteroatoms. The third kappa shape index (κ3) is 5.71. The highest BCUT2D eigenvalue weighted by atomic mass is 32.2. The maximum atomic E-state index is 12.8. The lowest BCUT2D eigenvalue weighted by Gasteiger charge is -2.25. The second kappa shape index (κ2) is 9.92. The minimum atomic E-state index is -3.51. The van der Waals surface area contributed by atoms with Crippen molar-refractivity contribution >= 4 is 38.9 Å². The summed E-state index contributed by atoms with van der Waals surface area (Å²) >= 11 is 0. The number of benzene rings is 3. The lowest BCUT2D eigenvalue weighted by molar-refractivity contribution is -0.117. The summed E-state index contributed by atoms with van der Waals surface area (Å²) in [5, 5.41) is 2.88. The van der Waals surface area contributed by atoms with Crippen LogP contribution in [0.15, 0.2) is 66.7 Å². The van der Waals surface area contributed by atoms with E-state index >= 15 is 0 Å². The molecule has 3 aromatic carbocycles. The topological polar surface area (TPSA) is 86.8 Å². The molecule has 0 unspecified atom stereocenters. The smallest absolute Gasteiger partial charge is 0.255 e. The van der Waals surface area contributed by atoms with Gasteiger partial charge in [0.1, 0.15) is 0 Å². The Kier molecular flexibility index (Phi) is 6.93. The summed E-state index contributed by atoms with van der Waals surface area (Å²) in [6.45, 7) is 4.66. The number of hydrogen-bond acceptors (Lipinski definition) is 4. The van der Waals surface area contributed by atoms with Gasteiger partial charge in [0.15, 0.2) is 0 Å². The van der Waals surface area contributed by atoms with E-state index in [1.54, 1.807) is 41.3 Å². The highest BCUT2D eigenvalue weighted by molar-refractivity contribution is 7.92. The molecule has 3 aromatic rings. The molecule has 0 aromatic heterocycles. The third-order valence-electron chi connectivity index (χ3n) is 6.07. The van der Waals surface area contributed by atoms with E-state index in [1.807, 2.05) is 44.2 Å². The number of anilines is 3. The number of amides is 2. The molecular formula is C27H29N3O4S. The van der Waals surface area contributed by atoms with Crippen molar-refractivity contribution in [3.63, 3.8) is 0 Å². The summed E-state index contributed by atoms with van der Waals surface area (Å²) in [7, 11) is -3.51. The Balaban J connectivity index is 1.49. The number of nitrogens with one attached hydrogen (secondary N) is 1. The summed E-state index contributed by atoms with van der Waals surface area (Å²) in [6, 6.07) is 19.9. The van der Waals surface area contributed by atoms with Gasteiger partial charge in [-0.05, 0) is 73.4 Å². The Labute approximate surface area is 206 Å². The predicted molar refractivity (Wildman–Crippen MR) is 139 cm³/mol. The van der Waals surface area contributed by atoms with Crippen LogP contribution in [0.1, 0.15) is 39.9 Å². The van der Waals surface area contributed by atoms with Gasteiger partial charge in [0.25, 0.3) is 5.91 Å². The average Bonchev–Trinajstić information content (AvgIpc) is 3.25. The van der Waals surface area contributed by atoms with Crippen molar-refractivity contribution in [3.8, 4) is 0 Å². The van der Waals surface area contributed by atoms with E-state index in [0.29, 0.717) is 29.9 Å². The molecule has 182 valence electrons. The van der Waals surface area contributed by atoms with Gasteiger partial charge in [0.05, 0.1) is 18.5 Å². The molecule has 1 N–H and O–H groups in total. The predicted octanol–water partition coefficient (Wildman–Crippen LogP) is 4.65. The second-order valence-electron chi connectivity index (χ2n) is 8.91. The van der Waals surface area contributed by atoms with E-state index in [1.165, 1.54) is 10.6 Å². The fourth-order valence-electron chi connectivity index (χ4n) is 4.17. The summed E-state index contributed by atoms with van der Waals surface area (Å²) in [5.74, 6) is -0.191. The van der Waals surface area contributed by atoms with Crippen LogP contribution in [-0.4, -0.2) is 33.0 Å². The summed E-state index contributed by atoms with van der Waals surface area (Å²) in [6.07, 6.45) is 2.57. The second-order valence-corrected chi connectivity index (χ2v) is 10.8. The third-order valence-corrected chi connectivity index (χ3v) is 7.19. The monoisotopic (exact) mass is 491 g/mol. The van der Waals surface area contributed by atoms with Gasteiger partial charge in [-0.1, -0.05) is 30.3 Å². The SMILES string of the molecule is Cc1ccc(C)c(N(Cc2ccc(C(=O)Nc3cccc(N4CCCC4=O)c3)cc2)S(C)(=O)=O)c1. The van der Waals surface area contributed by atoms with Crippen LogP contribution in [0.5, 0.6) is 0 Å². The quantitative estimate of drug-likeness (QED) is 0.521. The van der Waals surface area contributed by atoms with Crippen LogP contribution in [0, 0.1) is 13.8 Å². The summed E-state index contributed by atoms with van der Waals surface area (Å²) in [5.41, 5.74) is 5.09. The van der Waals surface area contributed by atoms with Crippen molar-refractivity contribution in [2.75, 3.05) is 27.3 Å². The fraction of sp³-hybridized carbons (Fsp3) is 0.259. The maximum absolute atomic E-state index is 12.8. The molecule has 4 rings (SSSR count). The molecule has 7 nitrogen and oxygen atoms in total. The Hall–Kier alpha value is -3.65. The minimum absolute atomic E-state index is 0.0908. The Morgan fingerprint density at radius 1 is 1.03 bits per heavy atom. The van der Waals surface area contributed by atoms with Gasteiger partial charge in [-0.25, -0.2) is 8.42 Å². The van der Waals surface area contributed by atoms with Crippen molar-refractivity contribution in [3.05, 3.63) is 89.0 Å².